The van der Waals surface area contributed by atoms with E-state index in [1.165, 1.54) is 20.9 Å². The number of pyridine rings is 1. The highest BCUT2D eigenvalue weighted by atomic mass is 19.4. The van der Waals surface area contributed by atoms with Crippen LogP contribution in [0.3, 0.4) is 0 Å². The summed E-state index contributed by atoms with van der Waals surface area (Å²) in [5.74, 6) is -0.128. The van der Waals surface area contributed by atoms with Gasteiger partial charge in [-0.05, 0) is 19.9 Å². The average Bonchev–Trinajstić information content (AvgIpc) is 2.68. The molecule has 0 spiro atoms. The highest BCUT2D eigenvalue weighted by molar-refractivity contribution is 5.64. The van der Waals surface area contributed by atoms with Gasteiger partial charge in [-0.15, -0.1) is 0 Å². The van der Waals surface area contributed by atoms with Gasteiger partial charge in [0, 0.05) is 19.5 Å². The van der Waals surface area contributed by atoms with Gasteiger partial charge in [0.1, 0.15) is 5.56 Å². The Morgan fingerprint density at radius 1 is 1.30 bits per heavy atom. The number of alkyl halides is 3. The van der Waals surface area contributed by atoms with E-state index < -0.39 is 22.7 Å². The average molecular weight is 332 g/mol. The number of aromatic nitrogens is 3. The van der Waals surface area contributed by atoms with Crippen molar-refractivity contribution in [2.24, 2.45) is 7.05 Å². The van der Waals surface area contributed by atoms with Crippen LogP contribution in [0.2, 0.25) is 0 Å². The van der Waals surface area contributed by atoms with E-state index in [-0.39, 0.29) is 33.1 Å². The van der Waals surface area contributed by atoms with Crippen LogP contribution in [-0.2, 0) is 13.2 Å². The zero-order valence-corrected chi connectivity index (χ0v) is 12.8. The Morgan fingerprint density at radius 3 is 2.30 bits per heavy atom. The van der Waals surface area contributed by atoms with Gasteiger partial charge in [0.15, 0.2) is 5.69 Å². The lowest BCUT2D eigenvalue weighted by molar-refractivity contribution is -0.994. The molecule has 7 nitrogen and oxygen atoms in total. The van der Waals surface area contributed by atoms with Crippen LogP contribution in [0.15, 0.2) is 6.07 Å². The molecular weight excluding hydrogens is 317 g/mol. The molecule has 23 heavy (non-hydrogen) atoms. The molecule has 0 aromatic carbocycles. The summed E-state index contributed by atoms with van der Waals surface area (Å²) >= 11 is 0. The van der Waals surface area contributed by atoms with Gasteiger partial charge in [0.05, 0.1) is 5.56 Å². The molecule has 2 heterocycles. The maximum atomic E-state index is 12.9. The smallest absolute Gasteiger partial charge is 0.422 e. The minimum Gasteiger partial charge on any atom is -0.618 e. The van der Waals surface area contributed by atoms with Crippen molar-refractivity contribution in [3.63, 3.8) is 0 Å². The molecule has 126 valence electrons. The third-order valence-corrected chi connectivity index (χ3v) is 3.65. The van der Waals surface area contributed by atoms with Gasteiger partial charge in [-0.2, -0.15) is 28.2 Å². The van der Waals surface area contributed by atoms with Gasteiger partial charge in [-0.3, -0.25) is 0 Å². The highest BCUT2D eigenvalue weighted by Gasteiger charge is 2.38. The second-order valence-electron chi connectivity index (χ2n) is 5.22. The van der Waals surface area contributed by atoms with Crippen LogP contribution >= 0.6 is 0 Å². The van der Waals surface area contributed by atoms with Crippen molar-refractivity contribution in [3.05, 3.63) is 38.9 Å². The third-order valence-electron chi connectivity index (χ3n) is 3.65. The molecule has 2 aromatic heterocycles. The van der Waals surface area contributed by atoms with Crippen molar-refractivity contribution in [2.45, 2.75) is 26.9 Å². The summed E-state index contributed by atoms with van der Waals surface area (Å²) in [6.07, 6.45) is -4.65. The van der Waals surface area contributed by atoms with Gasteiger partial charge < -0.3 is 10.4 Å². The summed E-state index contributed by atoms with van der Waals surface area (Å²) in [5.41, 5.74) is -1.30. The number of halogens is 3. The molecule has 0 aliphatic rings. The number of hydrogen-bond acceptors (Lipinski definition) is 4. The molecule has 0 saturated heterocycles. The lowest BCUT2D eigenvalue weighted by Gasteiger charge is -2.15. The van der Waals surface area contributed by atoms with E-state index in [1.807, 2.05) is 0 Å². The minimum absolute atomic E-state index is 0.0502. The van der Waals surface area contributed by atoms with Gasteiger partial charge in [-0.25, -0.2) is 9.89 Å². The molecule has 10 heteroatoms. The fourth-order valence-corrected chi connectivity index (χ4v) is 2.55. The largest absolute Gasteiger partial charge is 0.618 e. The van der Waals surface area contributed by atoms with E-state index in [2.05, 4.69) is 5.10 Å². The zero-order valence-electron chi connectivity index (χ0n) is 12.8. The first-order valence-corrected chi connectivity index (χ1v) is 6.55. The zero-order chi connectivity index (χ0) is 17.7. The fourth-order valence-electron chi connectivity index (χ4n) is 2.55. The molecule has 2 aromatic rings. The molecule has 0 bridgehead atoms. The van der Waals surface area contributed by atoms with E-state index in [4.69, 9.17) is 5.21 Å². The molecule has 0 aliphatic carbocycles. The number of hydrogen-bond donors (Lipinski definition) is 2. The molecule has 0 amide bonds. The first-order valence-electron chi connectivity index (χ1n) is 6.55. The van der Waals surface area contributed by atoms with Crippen molar-refractivity contribution < 1.29 is 28.3 Å². The molecular formula is C13H15F3N4O3. The summed E-state index contributed by atoms with van der Waals surface area (Å²) in [6.45, 7) is 3.88. The topological polar surface area (TPSA) is 92.5 Å². The molecule has 0 fully saturated rings. The summed E-state index contributed by atoms with van der Waals surface area (Å²) < 4.78 is 40.1. The Labute approximate surface area is 129 Å². The SMILES string of the molecule is Cc1cc(C(F)(F)F)c(C)[n+]([O-])c1-c1nn(C)c([NH+]([O-])O)c1C. The predicted octanol–water partition coefficient (Wildman–Crippen LogP) is 1.07. The van der Waals surface area contributed by atoms with Gasteiger partial charge in [0.25, 0.3) is 5.82 Å². The summed E-state index contributed by atoms with van der Waals surface area (Å²) in [6, 6.07) is 0.869. The van der Waals surface area contributed by atoms with Crippen LogP contribution in [0.4, 0.5) is 19.0 Å². The van der Waals surface area contributed by atoms with E-state index in [0.717, 1.165) is 17.7 Å². The quantitative estimate of drug-likeness (QED) is 0.489. The normalized spacial score (nSPS) is 13.4. The maximum Gasteiger partial charge on any atom is 0.422 e. The van der Waals surface area contributed by atoms with Gasteiger partial charge in [-0.1, -0.05) is 0 Å². The maximum absolute atomic E-state index is 12.9. The first-order chi connectivity index (χ1) is 10.5. The van der Waals surface area contributed by atoms with E-state index >= 15 is 0 Å². The van der Waals surface area contributed by atoms with Gasteiger partial charge in [0.2, 0.25) is 11.4 Å². The van der Waals surface area contributed by atoms with Gasteiger partial charge >= 0.3 is 6.18 Å². The Kier molecular flexibility index (Phi) is 4.09. The monoisotopic (exact) mass is 332 g/mol. The Morgan fingerprint density at radius 2 is 1.87 bits per heavy atom. The lowest BCUT2D eigenvalue weighted by atomic mass is 10.0. The number of quaternary nitrogens is 1. The van der Waals surface area contributed by atoms with Crippen molar-refractivity contribution in [1.82, 2.24) is 9.78 Å². The number of rotatable bonds is 2. The molecule has 1 unspecified atom stereocenters. The second kappa shape index (κ2) is 5.48. The van der Waals surface area contributed by atoms with Crippen LogP contribution in [0.5, 0.6) is 0 Å². The lowest BCUT2D eigenvalue weighted by Crippen LogP contribution is -3.00. The Balaban J connectivity index is 2.77. The van der Waals surface area contributed by atoms with Crippen molar-refractivity contribution in [2.75, 3.05) is 0 Å². The summed E-state index contributed by atoms with van der Waals surface area (Å²) in [5, 5.41) is 35.4. The van der Waals surface area contributed by atoms with E-state index in [1.54, 1.807) is 0 Å². The summed E-state index contributed by atoms with van der Waals surface area (Å²) in [4.78, 5) is 0. The molecule has 0 radical (unpaired) electrons. The fraction of sp³-hybridized carbons (Fsp3) is 0.385. The Hall–Kier alpha value is -2.17. The van der Waals surface area contributed by atoms with E-state index in [0.29, 0.717) is 0 Å². The highest BCUT2D eigenvalue weighted by Crippen LogP contribution is 2.34. The number of nitrogens with zero attached hydrogens (tertiary/aromatic N) is 3. The third kappa shape index (κ3) is 2.76. The van der Waals surface area contributed by atoms with Crippen molar-refractivity contribution >= 4 is 5.82 Å². The Bertz CT molecular complexity index is 769. The molecule has 2 N–H and O–H groups in total. The molecule has 2 rings (SSSR count). The van der Waals surface area contributed by atoms with Crippen LogP contribution in [0, 0.1) is 31.2 Å². The summed E-state index contributed by atoms with van der Waals surface area (Å²) in [7, 11) is 1.39. The van der Waals surface area contributed by atoms with Crippen LogP contribution < -0.4 is 9.96 Å². The van der Waals surface area contributed by atoms with Crippen LogP contribution in [0.1, 0.15) is 22.4 Å². The second-order valence-corrected chi connectivity index (χ2v) is 5.22. The first kappa shape index (κ1) is 17.2. The number of aryl methyl sites for hydroxylation is 2. The molecule has 0 saturated carbocycles. The van der Waals surface area contributed by atoms with Crippen molar-refractivity contribution in [1.29, 1.82) is 0 Å². The van der Waals surface area contributed by atoms with Crippen molar-refractivity contribution in [3.8, 4) is 11.4 Å². The number of nitrogens with one attached hydrogen (secondary N) is 1. The van der Waals surface area contributed by atoms with Crippen LogP contribution in [0.25, 0.3) is 11.4 Å². The predicted molar refractivity (Wildman–Crippen MR) is 72.6 cm³/mol. The van der Waals surface area contributed by atoms with Crippen LogP contribution in [-0.4, -0.2) is 15.0 Å². The standard InChI is InChI=1S/C13H15F3N4O3/c1-6-5-9(13(14,15)16)8(3)19(21)11(6)10-7(2)12(20(22)23)18(4)17-10/h5,20,22H,1-4H3. The molecule has 1 atom stereocenters. The molecule has 0 aliphatic heterocycles. The minimum atomic E-state index is -4.65. The van der Waals surface area contributed by atoms with E-state index in [9.17, 15) is 23.6 Å².